The van der Waals surface area contributed by atoms with E-state index in [4.69, 9.17) is 0 Å². The summed E-state index contributed by atoms with van der Waals surface area (Å²) < 4.78 is 22.4. The molecule has 5 nitrogen and oxygen atoms in total. The van der Waals surface area contributed by atoms with Gasteiger partial charge < -0.3 is 10.2 Å². The van der Waals surface area contributed by atoms with Crippen LogP contribution in [-0.4, -0.2) is 56.4 Å². The summed E-state index contributed by atoms with van der Waals surface area (Å²) in [5, 5.41) is 2.79. The Labute approximate surface area is 103 Å². The van der Waals surface area contributed by atoms with Crippen molar-refractivity contribution in [1.82, 2.24) is 10.2 Å². The number of sulfone groups is 1. The van der Waals surface area contributed by atoms with Gasteiger partial charge in [0.1, 0.15) is 0 Å². The first-order chi connectivity index (χ1) is 7.96. The molecule has 0 saturated carbocycles. The molecule has 0 aromatic carbocycles. The average molecular weight is 262 g/mol. The molecule has 17 heavy (non-hydrogen) atoms. The fraction of sp³-hybridized carbons (Fsp3) is 0.909. The summed E-state index contributed by atoms with van der Waals surface area (Å²) in [6.45, 7) is 6.72. The predicted octanol–water partition coefficient (Wildman–Crippen LogP) is 0.0216. The summed E-state index contributed by atoms with van der Waals surface area (Å²) in [7, 11) is -2.91. The molecule has 6 heteroatoms. The molecule has 0 aromatic heterocycles. The van der Waals surface area contributed by atoms with Crippen LogP contribution in [0.2, 0.25) is 0 Å². The zero-order chi connectivity index (χ0) is 12.9. The molecule has 1 saturated heterocycles. The Morgan fingerprint density at radius 2 is 2.00 bits per heavy atom. The van der Waals surface area contributed by atoms with Crippen molar-refractivity contribution >= 4 is 15.7 Å². The number of nitrogens with zero attached hydrogens (tertiary/aromatic N) is 1. The van der Waals surface area contributed by atoms with Crippen LogP contribution < -0.4 is 5.32 Å². The molecular formula is C11H22N2O3S. The lowest BCUT2D eigenvalue weighted by molar-refractivity contribution is -0.121. The van der Waals surface area contributed by atoms with Gasteiger partial charge in [-0.1, -0.05) is 13.8 Å². The van der Waals surface area contributed by atoms with E-state index in [1.807, 2.05) is 0 Å². The van der Waals surface area contributed by atoms with Crippen molar-refractivity contribution < 1.29 is 13.2 Å². The zero-order valence-electron chi connectivity index (χ0n) is 10.6. The van der Waals surface area contributed by atoms with Crippen molar-refractivity contribution in [2.75, 3.05) is 31.1 Å². The minimum atomic E-state index is -2.91. The lowest BCUT2D eigenvalue weighted by Gasteiger charge is -2.18. The Kier molecular flexibility index (Phi) is 5.39. The second kappa shape index (κ2) is 6.35. The Bertz CT molecular complexity index is 350. The Morgan fingerprint density at radius 3 is 2.47 bits per heavy atom. The van der Waals surface area contributed by atoms with Gasteiger partial charge in [-0.05, 0) is 19.5 Å². The van der Waals surface area contributed by atoms with Crippen LogP contribution in [-0.2, 0) is 14.6 Å². The minimum absolute atomic E-state index is 0.0426. The Morgan fingerprint density at radius 1 is 1.35 bits per heavy atom. The summed E-state index contributed by atoms with van der Waals surface area (Å²) in [5.41, 5.74) is 0. The van der Waals surface area contributed by atoms with Crippen LogP contribution in [0.3, 0.4) is 0 Å². The molecule has 0 aromatic rings. The van der Waals surface area contributed by atoms with Gasteiger partial charge in [0, 0.05) is 19.0 Å². The lowest BCUT2D eigenvalue weighted by atomic mass is 10.2. The van der Waals surface area contributed by atoms with E-state index in [0.29, 0.717) is 12.8 Å². The summed E-state index contributed by atoms with van der Waals surface area (Å²) in [5.74, 6) is 0.261. The number of carbonyl (C=O) groups is 1. The Hall–Kier alpha value is -0.620. The van der Waals surface area contributed by atoms with Crippen LogP contribution in [0, 0.1) is 0 Å². The zero-order valence-corrected chi connectivity index (χ0v) is 11.4. The standard InChI is InChI=1S/C11H22N2O3S/c1-3-13(4-2)7-5-11(14)12-10-6-8-17(15,16)9-10/h10H,3-9H2,1-2H3,(H,12,14). The van der Waals surface area contributed by atoms with E-state index in [-0.39, 0.29) is 23.5 Å². The normalized spacial score (nSPS) is 22.9. The maximum absolute atomic E-state index is 11.6. The van der Waals surface area contributed by atoms with Gasteiger partial charge in [-0.2, -0.15) is 0 Å². The van der Waals surface area contributed by atoms with Gasteiger partial charge in [-0.25, -0.2) is 8.42 Å². The molecule has 0 bridgehead atoms. The van der Waals surface area contributed by atoms with E-state index in [2.05, 4.69) is 24.1 Å². The van der Waals surface area contributed by atoms with E-state index in [1.54, 1.807) is 0 Å². The number of hydrogen-bond donors (Lipinski definition) is 1. The topological polar surface area (TPSA) is 66.5 Å². The number of hydrogen-bond acceptors (Lipinski definition) is 4. The average Bonchev–Trinajstić information content (AvgIpc) is 2.59. The maximum Gasteiger partial charge on any atom is 0.221 e. The predicted molar refractivity (Wildman–Crippen MR) is 67.6 cm³/mol. The highest BCUT2D eigenvalue weighted by molar-refractivity contribution is 7.91. The molecule has 1 atom stereocenters. The SMILES string of the molecule is CCN(CC)CCC(=O)NC1CCS(=O)(=O)C1. The molecule has 1 fully saturated rings. The highest BCUT2D eigenvalue weighted by Gasteiger charge is 2.28. The molecule has 0 radical (unpaired) electrons. The van der Waals surface area contributed by atoms with Crippen LogP contribution in [0.4, 0.5) is 0 Å². The van der Waals surface area contributed by atoms with E-state index in [9.17, 15) is 13.2 Å². The fourth-order valence-electron chi connectivity index (χ4n) is 2.01. The van der Waals surface area contributed by atoms with Gasteiger partial charge in [0.25, 0.3) is 0 Å². The molecule has 1 aliphatic heterocycles. The first kappa shape index (κ1) is 14.4. The monoisotopic (exact) mass is 262 g/mol. The van der Waals surface area contributed by atoms with Crippen molar-refractivity contribution in [1.29, 1.82) is 0 Å². The molecule has 1 N–H and O–H groups in total. The van der Waals surface area contributed by atoms with Crippen molar-refractivity contribution in [2.24, 2.45) is 0 Å². The second-order valence-electron chi connectivity index (χ2n) is 4.44. The van der Waals surface area contributed by atoms with Crippen LogP contribution in [0.25, 0.3) is 0 Å². The van der Waals surface area contributed by atoms with Gasteiger partial charge in [-0.3, -0.25) is 4.79 Å². The first-order valence-electron chi connectivity index (χ1n) is 6.19. The number of rotatable bonds is 6. The van der Waals surface area contributed by atoms with Crippen molar-refractivity contribution in [3.05, 3.63) is 0 Å². The van der Waals surface area contributed by atoms with Gasteiger partial charge in [0.05, 0.1) is 11.5 Å². The van der Waals surface area contributed by atoms with E-state index in [0.717, 1.165) is 19.6 Å². The molecule has 100 valence electrons. The molecule has 0 spiro atoms. The molecule has 1 heterocycles. The number of carbonyl (C=O) groups excluding carboxylic acids is 1. The van der Waals surface area contributed by atoms with Gasteiger partial charge >= 0.3 is 0 Å². The summed E-state index contributed by atoms with van der Waals surface area (Å²) in [6, 6.07) is -0.177. The van der Waals surface area contributed by atoms with Crippen LogP contribution in [0.1, 0.15) is 26.7 Å². The maximum atomic E-state index is 11.6. The van der Waals surface area contributed by atoms with Crippen molar-refractivity contribution in [3.8, 4) is 0 Å². The third-order valence-corrected chi connectivity index (χ3v) is 4.92. The van der Waals surface area contributed by atoms with Crippen LogP contribution in [0.5, 0.6) is 0 Å². The quantitative estimate of drug-likeness (QED) is 0.733. The van der Waals surface area contributed by atoms with Gasteiger partial charge in [0.2, 0.25) is 5.91 Å². The highest BCUT2D eigenvalue weighted by Crippen LogP contribution is 2.11. The second-order valence-corrected chi connectivity index (χ2v) is 6.67. The largest absolute Gasteiger partial charge is 0.352 e. The summed E-state index contributed by atoms with van der Waals surface area (Å²) in [6.07, 6.45) is 0.998. The molecule has 1 unspecified atom stereocenters. The smallest absolute Gasteiger partial charge is 0.221 e. The minimum Gasteiger partial charge on any atom is -0.352 e. The molecule has 1 aliphatic rings. The third kappa shape index (κ3) is 5.04. The Balaban J connectivity index is 2.26. The molecule has 1 amide bonds. The van der Waals surface area contributed by atoms with Crippen LogP contribution >= 0.6 is 0 Å². The third-order valence-electron chi connectivity index (χ3n) is 3.15. The van der Waals surface area contributed by atoms with E-state index >= 15 is 0 Å². The number of amides is 1. The van der Waals surface area contributed by atoms with Gasteiger partial charge in [-0.15, -0.1) is 0 Å². The molecule has 0 aliphatic carbocycles. The summed E-state index contributed by atoms with van der Waals surface area (Å²) >= 11 is 0. The molecule has 1 rings (SSSR count). The fourth-order valence-corrected chi connectivity index (χ4v) is 3.68. The van der Waals surface area contributed by atoms with Crippen molar-refractivity contribution in [3.63, 3.8) is 0 Å². The highest BCUT2D eigenvalue weighted by atomic mass is 32.2. The summed E-state index contributed by atoms with van der Waals surface area (Å²) in [4.78, 5) is 13.8. The van der Waals surface area contributed by atoms with E-state index < -0.39 is 9.84 Å². The van der Waals surface area contributed by atoms with Crippen molar-refractivity contribution in [2.45, 2.75) is 32.7 Å². The van der Waals surface area contributed by atoms with Crippen LogP contribution in [0.15, 0.2) is 0 Å². The van der Waals surface area contributed by atoms with Gasteiger partial charge in [0.15, 0.2) is 9.84 Å². The lowest BCUT2D eigenvalue weighted by Crippen LogP contribution is -2.37. The molecular weight excluding hydrogens is 240 g/mol. The van der Waals surface area contributed by atoms with E-state index in [1.165, 1.54) is 0 Å². The number of nitrogens with one attached hydrogen (secondary N) is 1. The first-order valence-corrected chi connectivity index (χ1v) is 8.01.